The molecule has 0 atom stereocenters. The quantitative estimate of drug-likeness (QED) is 0.823. The Morgan fingerprint density at radius 2 is 2.00 bits per heavy atom. The van der Waals surface area contributed by atoms with Crippen LogP contribution in [-0.2, 0) is 16.4 Å². The van der Waals surface area contributed by atoms with Gasteiger partial charge < -0.3 is 4.98 Å². The van der Waals surface area contributed by atoms with Crippen molar-refractivity contribution in [3.05, 3.63) is 42.5 Å². The first-order valence-corrected chi connectivity index (χ1v) is 6.70. The summed E-state index contributed by atoms with van der Waals surface area (Å²) in [5, 5.41) is 0. The third kappa shape index (κ3) is 3.56. The molecule has 0 bridgehead atoms. The third-order valence-corrected chi connectivity index (χ3v) is 3.41. The minimum absolute atomic E-state index is 0.0116. The zero-order valence-corrected chi connectivity index (χ0v) is 9.81. The maximum Gasteiger partial charge on any atom is 0.235 e. The number of aromatic nitrogens is 3. The number of nitrogens with one attached hydrogen (secondary N) is 2. The van der Waals surface area contributed by atoms with E-state index in [0.29, 0.717) is 6.42 Å². The lowest BCUT2D eigenvalue weighted by Crippen LogP contribution is -2.18. The van der Waals surface area contributed by atoms with Gasteiger partial charge in [-0.3, -0.25) is 9.71 Å². The van der Waals surface area contributed by atoms with Crippen molar-refractivity contribution >= 4 is 16.0 Å². The molecule has 0 saturated carbocycles. The van der Waals surface area contributed by atoms with Crippen molar-refractivity contribution in [2.45, 2.75) is 6.42 Å². The van der Waals surface area contributed by atoms with Gasteiger partial charge in [0.25, 0.3) is 0 Å². The first-order valence-electron chi connectivity index (χ1n) is 5.04. The van der Waals surface area contributed by atoms with Crippen LogP contribution in [0.3, 0.4) is 0 Å². The van der Waals surface area contributed by atoms with Gasteiger partial charge in [-0.25, -0.2) is 13.4 Å². The van der Waals surface area contributed by atoms with Gasteiger partial charge in [0.05, 0.1) is 5.75 Å². The minimum atomic E-state index is -3.37. The first kappa shape index (κ1) is 11.6. The van der Waals surface area contributed by atoms with E-state index in [0.717, 1.165) is 5.56 Å². The van der Waals surface area contributed by atoms with E-state index in [4.69, 9.17) is 0 Å². The molecule has 2 N–H and O–H groups in total. The number of rotatable bonds is 5. The highest BCUT2D eigenvalue weighted by Gasteiger charge is 2.11. The topological polar surface area (TPSA) is 87.7 Å². The summed E-state index contributed by atoms with van der Waals surface area (Å²) >= 11 is 0. The Hall–Kier alpha value is -1.89. The highest BCUT2D eigenvalue weighted by atomic mass is 32.2. The Morgan fingerprint density at radius 1 is 1.24 bits per heavy atom. The van der Waals surface area contributed by atoms with Crippen LogP contribution in [0.5, 0.6) is 0 Å². The van der Waals surface area contributed by atoms with Gasteiger partial charge in [-0.15, -0.1) is 0 Å². The maximum absolute atomic E-state index is 11.7. The number of sulfonamides is 1. The molecule has 2 heterocycles. The first-order chi connectivity index (χ1) is 8.16. The smallest absolute Gasteiger partial charge is 0.235 e. The summed E-state index contributed by atoms with van der Waals surface area (Å²) in [4.78, 5) is 10.4. The molecule has 0 amide bonds. The van der Waals surface area contributed by atoms with Crippen LogP contribution in [0.2, 0.25) is 0 Å². The molecule has 0 unspecified atom stereocenters. The molecule has 0 aromatic carbocycles. The number of aryl methyl sites for hydroxylation is 1. The summed E-state index contributed by atoms with van der Waals surface area (Å²) in [6.07, 6.45) is 6.77. The van der Waals surface area contributed by atoms with E-state index in [1.807, 2.05) is 0 Å². The largest absolute Gasteiger partial charge is 0.330 e. The fourth-order valence-corrected chi connectivity index (χ4v) is 2.33. The van der Waals surface area contributed by atoms with Crippen molar-refractivity contribution in [2.24, 2.45) is 0 Å². The van der Waals surface area contributed by atoms with Crippen LogP contribution < -0.4 is 4.72 Å². The van der Waals surface area contributed by atoms with Crippen molar-refractivity contribution in [1.82, 2.24) is 15.0 Å². The van der Waals surface area contributed by atoms with Crippen LogP contribution in [0.4, 0.5) is 5.95 Å². The second kappa shape index (κ2) is 4.96. The molecule has 2 aromatic heterocycles. The van der Waals surface area contributed by atoms with Crippen molar-refractivity contribution in [3.8, 4) is 0 Å². The van der Waals surface area contributed by atoms with Crippen molar-refractivity contribution in [2.75, 3.05) is 10.5 Å². The molecule has 0 aliphatic rings. The van der Waals surface area contributed by atoms with Gasteiger partial charge in [0.1, 0.15) is 0 Å². The Bertz CT molecular complexity index is 551. The van der Waals surface area contributed by atoms with Gasteiger partial charge in [-0.2, -0.15) is 0 Å². The fraction of sp³-hybridized carbons (Fsp3) is 0.200. The lowest BCUT2D eigenvalue weighted by atomic mass is 10.2. The van der Waals surface area contributed by atoms with E-state index in [1.54, 1.807) is 30.7 Å². The van der Waals surface area contributed by atoms with Gasteiger partial charge in [-0.05, 0) is 24.1 Å². The molecule has 0 aliphatic carbocycles. The number of anilines is 1. The summed E-state index contributed by atoms with van der Waals surface area (Å²) in [5.41, 5.74) is 0.935. The summed E-state index contributed by atoms with van der Waals surface area (Å²) < 4.78 is 25.7. The zero-order chi connectivity index (χ0) is 12.1. The number of imidazole rings is 1. The monoisotopic (exact) mass is 252 g/mol. The minimum Gasteiger partial charge on any atom is -0.330 e. The van der Waals surface area contributed by atoms with Gasteiger partial charge >= 0.3 is 0 Å². The van der Waals surface area contributed by atoms with Gasteiger partial charge in [0.2, 0.25) is 16.0 Å². The van der Waals surface area contributed by atoms with E-state index < -0.39 is 10.0 Å². The van der Waals surface area contributed by atoms with Crippen LogP contribution in [0.1, 0.15) is 5.56 Å². The van der Waals surface area contributed by atoms with Gasteiger partial charge in [-0.1, -0.05) is 0 Å². The highest BCUT2D eigenvalue weighted by molar-refractivity contribution is 7.92. The molecule has 2 rings (SSSR count). The molecule has 0 spiro atoms. The molecule has 0 radical (unpaired) electrons. The van der Waals surface area contributed by atoms with Crippen molar-refractivity contribution < 1.29 is 8.42 Å². The molecule has 17 heavy (non-hydrogen) atoms. The summed E-state index contributed by atoms with van der Waals surface area (Å²) in [5.74, 6) is 0.247. The van der Waals surface area contributed by atoms with Crippen LogP contribution >= 0.6 is 0 Å². The van der Waals surface area contributed by atoms with Gasteiger partial charge in [0, 0.05) is 24.8 Å². The molecule has 90 valence electrons. The predicted octanol–water partition coefficient (Wildman–Crippen LogP) is 0.789. The summed E-state index contributed by atoms with van der Waals surface area (Å²) in [7, 11) is -3.37. The van der Waals surface area contributed by atoms with E-state index in [1.165, 1.54) is 6.20 Å². The second-order valence-corrected chi connectivity index (χ2v) is 5.31. The number of pyridine rings is 1. The number of nitrogens with zero attached hydrogens (tertiary/aromatic N) is 2. The highest BCUT2D eigenvalue weighted by Crippen LogP contribution is 2.04. The molecular formula is C10H12N4O2S. The van der Waals surface area contributed by atoms with E-state index in [-0.39, 0.29) is 11.7 Å². The molecule has 0 saturated heterocycles. The van der Waals surface area contributed by atoms with Crippen LogP contribution in [0, 0.1) is 0 Å². The number of H-pyrrole nitrogens is 1. The molecule has 0 fully saturated rings. The molecule has 6 nitrogen and oxygen atoms in total. The van der Waals surface area contributed by atoms with E-state index in [2.05, 4.69) is 19.7 Å². The average molecular weight is 252 g/mol. The number of hydrogen-bond acceptors (Lipinski definition) is 4. The summed E-state index contributed by atoms with van der Waals surface area (Å²) in [6.45, 7) is 0. The Morgan fingerprint density at radius 3 is 2.65 bits per heavy atom. The third-order valence-electron chi connectivity index (χ3n) is 2.16. The Balaban J connectivity index is 1.94. The normalized spacial score (nSPS) is 11.3. The van der Waals surface area contributed by atoms with Crippen LogP contribution in [0.25, 0.3) is 0 Å². The lowest BCUT2D eigenvalue weighted by molar-refractivity contribution is 0.600. The SMILES string of the molecule is O=S(=O)(CCc1ccncc1)Nc1ncc[nH]1. The zero-order valence-electron chi connectivity index (χ0n) is 9.00. The van der Waals surface area contributed by atoms with E-state index >= 15 is 0 Å². The fourth-order valence-electron chi connectivity index (χ4n) is 1.32. The van der Waals surface area contributed by atoms with Crippen LogP contribution in [-0.4, -0.2) is 29.1 Å². The van der Waals surface area contributed by atoms with E-state index in [9.17, 15) is 8.42 Å². The summed E-state index contributed by atoms with van der Waals surface area (Å²) in [6, 6.07) is 3.59. The number of hydrogen-bond donors (Lipinski definition) is 2. The van der Waals surface area contributed by atoms with Crippen molar-refractivity contribution in [1.29, 1.82) is 0 Å². The molecule has 0 aliphatic heterocycles. The molecule has 7 heteroatoms. The Labute approximate surface area is 99.2 Å². The average Bonchev–Trinajstić information content (AvgIpc) is 2.80. The Kier molecular flexibility index (Phi) is 3.38. The predicted molar refractivity (Wildman–Crippen MR) is 63.9 cm³/mol. The van der Waals surface area contributed by atoms with Crippen molar-refractivity contribution in [3.63, 3.8) is 0 Å². The van der Waals surface area contributed by atoms with Crippen LogP contribution in [0.15, 0.2) is 36.9 Å². The maximum atomic E-state index is 11.7. The second-order valence-electron chi connectivity index (χ2n) is 3.46. The standard InChI is InChI=1S/C10H12N4O2S/c15-17(16,14-10-12-6-7-13-10)8-3-9-1-4-11-5-2-9/h1-2,4-7H,3,8H2,(H2,12,13,14). The number of aromatic amines is 1. The molecule has 2 aromatic rings. The molecular weight excluding hydrogens is 240 g/mol. The van der Waals surface area contributed by atoms with Gasteiger partial charge in [0.15, 0.2) is 0 Å². The lowest BCUT2D eigenvalue weighted by Gasteiger charge is -2.04.